The molecule has 0 aliphatic rings. The maximum absolute atomic E-state index is 11.0. The number of carbonyl (C=O) groups excluding carboxylic acids is 1. The molecule has 0 unspecified atom stereocenters. The summed E-state index contributed by atoms with van der Waals surface area (Å²) in [6.07, 6.45) is 0.0262. The van der Waals surface area contributed by atoms with Gasteiger partial charge in [-0.15, -0.1) is 0 Å². The Morgan fingerprint density at radius 1 is 1.53 bits per heavy atom. The molecule has 0 saturated heterocycles. The summed E-state index contributed by atoms with van der Waals surface area (Å²) in [4.78, 5) is 13.7. The Morgan fingerprint density at radius 3 is 3.00 bits per heavy atom. The van der Waals surface area contributed by atoms with E-state index in [0.717, 1.165) is 0 Å². The second kappa shape index (κ2) is 6.94. The van der Waals surface area contributed by atoms with Crippen molar-refractivity contribution in [3.63, 3.8) is 0 Å². The number of carbonyl (C=O) groups is 1. The number of benzene rings is 1. The highest BCUT2D eigenvalue weighted by Crippen LogP contribution is 2.17. The molecule has 0 fully saturated rings. The molecular formula is C12H11N3O2. The summed E-state index contributed by atoms with van der Waals surface area (Å²) in [7, 11) is 0. The van der Waals surface area contributed by atoms with Crippen molar-refractivity contribution in [3.05, 3.63) is 40.3 Å². The summed E-state index contributed by atoms with van der Waals surface area (Å²) in [5.74, 6) is 5.09. The predicted molar refractivity (Wildman–Crippen MR) is 63.4 cm³/mol. The van der Waals surface area contributed by atoms with Gasteiger partial charge in [-0.2, -0.15) is 0 Å². The van der Waals surface area contributed by atoms with Crippen molar-refractivity contribution >= 4 is 11.7 Å². The normalized spacial score (nSPS) is 8.53. The van der Waals surface area contributed by atoms with Gasteiger partial charge in [0.1, 0.15) is 6.42 Å². The van der Waals surface area contributed by atoms with E-state index in [2.05, 4.69) is 21.9 Å². The molecule has 0 saturated carbocycles. The predicted octanol–water partition coefficient (Wildman–Crippen LogP) is 2.93. The molecule has 0 bridgehead atoms. The molecule has 0 radical (unpaired) electrons. The molecule has 0 N–H and O–H groups in total. The van der Waals surface area contributed by atoms with Gasteiger partial charge in [0.15, 0.2) is 0 Å². The van der Waals surface area contributed by atoms with E-state index in [1.165, 1.54) is 0 Å². The molecule has 0 spiro atoms. The fraction of sp³-hybridized carbons (Fsp3) is 0.250. The average Bonchev–Trinajstić information content (AvgIpc) is 2.32. The summed E-state index contributed by atoms with van der Waals surface area (Å²) >= 11 is 0. The van der Waals surface area contributed by atoms with Crippen LogP contribution in [-0.4, -0.2) is 12.6 Å². The van der Waals surface area contributed by atoms with Crippen molar-refractivity contribution in [2.45, 2.75) is 13.3 Å². The van der Waals surface area contributed by atoms with Crippen LogP contribution in [0.5, 0.6) is 0 Å². The SMILES string of the molecule is CCOC(=O)CC#Cc1ccccc1N=[N+]=[N-]. The molecule has 0 heterocycles. The second-order valence-corrected chi connectivity index (χ2v) is 2.99. The second-order valence-electron chi connectivity index (χ2n) is 2.99. The van der Waals surface area contributed by atoms with Crippen molar-refractivity contribution in [2.75, 3.05) is 6.61 Å². The maximum Gasteiger partial charge on any atom is 0.317 e. The zero-order valence-corrected chi connectivity index (χ0v) is 9.38. The number of rotatable bonds is 3. The Kier molecular flexibility index (Phi) is 5.15. The van der Waals surface area contributed by atoms with Crippen LogP contribution in [-0.2, 0) is 9.53 Å². The molecule has 0 aromatic heterocycles. The van der Waals surface area contributed by atoms with Gasteiger partial charge < -0.3 is 4.74 Å². The van der Waals surface area contributed by atoms with Crippen LogP contribution < -0.4 is 0 Å². The number of esters is 1. The molecule has 86 valence electrons. The highest BCUT2D eigenvalue weighted by atomic mass is 16.5. The minimum Gasteiger partial charge on any atom is -0.465 e. The Hall–Kier alpha value is -2.44. The van der Waals surface area contributed by atoms with Gasteiger partial charge in [-0.25, -0.2) is 0 Å². The molecule has 17 heavy (non-hydrogen) atoms. The van der Waals surface area contributed by atoms with E-state index in [-0.39, 0.29) is 12.4 Å². The topological polar surface area (TPSA) is 75.1 Å². The van der Waals surface area contributed by atoms with Crippen molar-refractivity contribution in [1.29, 1.82) is 0 Å². The van der Waals surface area contributed by atoms with Crippen LogP contribution in [0.15, 0.2) is 29.4 Å². The fourth-order valence-corrected chi connectivity index (χ4v) is 1.14. The van der Waals surface area contributed by atoms with Crippen LogP contribution >= 0.6 is 0 Å². The van der Waals surface area contributed by atoms with Gasteiger partial charge in [0.2, 0.25) is 0 Å². The zero-order valence-electron chi connectivity index (χ0n) is 9.38. The van der Waals surface area contributed by atoms with Crippen LogP contribution in [0.3, 0.4) is 0 Å². The van der Waals surface area contributed by atoms with Crippen LogP contribution in [0.2, 0.25) is 0 Å². The van der Waals surface area contributed by atoms with Crippen LogP contribution in [0.25, 0.3) is 10.4 Å². The molecule has 1 aromatic carbocycles. The van der Waals surface area contributed by atoms with Crippen molar-refractivity contribution in [3.8, 4) is 11.8 Å². The van der Waals surface area contributed by atoms with E-state index in [1.807, 2.05) is 0 Å². The van der Waals surface area contributed by atoms with Crippen LogP contribution in [0, 0.1) is 11.8 Å². The summed E-state index contributed by atoms with van der Waals surface area (Å²) in [5.41, 5.74) is 9.41. The lowest BCUT2D eigenvalue weighted by atomic mass is 10.2. The van der Waals surface area contributed by atoms with Gasteiger partial charge in [0.05, 0.1) is 12.3 Å². The zero-order chi connectivity index (χ0) is 12.5. The minimum atomic E-state index is -0.360. The Bertz CT molecular complexity index is 508. The number of nitrogens with zero attached hydrogens (tertiary/aromatic N) is 3. The Labute approximate surface area is 99.0 Å². The van der Waals surface area contributed by atoms with Crippen LogP contribution in [0.4, 0.5) is 5.69 Å². The summed E-state index contributed by atoms with van der Waals surface area (Å²) < 4.78 is 4.73. The standard InChI is InChI=1S/C12H11N3O2/c1-2-17-12(16)9-5-7-10-6-3-4-8-11(10)14-15-13/h3-4,6,8H,2,9H2,1H3. The van der Waals surface area contributed by atoms with Gasteiger partial charge in [-0.3, -0.25) is 4.79 Å². The molecule has 0 aliphatic heterocycles. The van der Waals surface area contributed by atoms with Gasteiger partial charge in [0, 0.05) is 10.5 Å². The third kappa shape index (κ3) is 4.29. The van der Waals surface area contributed by atoms with Gasteiger partial charge in [-0.05, 0) is 18.5 Å². The highest BCUT2D eigenvalue weighted by Gasteiger charge is 1.97. The van der Waals surface area contributed by atoms with Crippen molar-refractivity contribution in [2.24, 2.45) is 5.11 Å². The first-order valence-corrected chi connectivity index (χ1v) is 5.06. The molecule has 5 nitrogen and oxygen atoms in total. The number of ether oxygens (including phenoxy) is 1. The molecular weight excluding hydrogens is 218 g/mol. The van der Waals surface area contributed by atoms with Gasteiger partial charge in [0.25, 0.3) is 0 Å². The van der Waals surface area contributed by atoms with Gasteiger partial charge in [-0.1, -0.05) is 35.2 Å². The lowest BCUT2D eigenvalue weighted by molar-refractivity contribution is -0.141. The smallest absolute Gasteiger partial charge is 0.317 e. The van der Waals surface area contributed by atoms with E-state index < -0.39 is 0 Å². The molecule has 0 aliphatic carbocycles. The Morgan fingerprint density at radius 2 is 2.29 bits per heavy atom. The quantitative estimate of drug-likeness (QED) is 0.263. The van der Waals surface area contributed by atoms with Crippen molar-refractivity contribution in [1.82, 2.24) is 0 Å². The summed E-state index contributed by atoms with van der Waals surface area (Å²) in [6.45, 7) is 2.08. The third-order valence-corrected chi connectivity index (χ3v) is 1.82. The first kappa shape index (κ1) is 12.6. The van der Waals surface area contributed by atoms with E-state index in [0.29, 0.717) is 17.9 Å². The number of hydrogen-bond acceptors (Lipinski definition) is 3. The summed E-state index contributed by atoms with van der Waals surface area (Å²) in [5, 5.41) is 3.50. The maximum atomic E-state index is 11.0. The molecule has 5 heteroatoms. The highest BCUT2D eigenvalue weighted by molar-refractivity contribution is 5.72. The third-order valence-electron chi connectivity index (χ3n) is 1.82. The summed E-state index contributed by atoms with van der Waals surface area (Å²) in [6, 6.07) is 6.92. The molecule has 1 aromatic rings. The fourth-order valence-electron chi connectivity index (χ4n) is 1.14. The molecule has 0 amide bonds. The molecule has 1 rings (SSSR count). The monoisotopic (exact) mass is 229 g/mol. The first-order chi connectivity index (χ1) is 8.27. The first-order valence-electron chi connectivity index (χ1n) is 5.06. The minimum absolute atomic E-state index is 0.0262. The number of azide groups is 1. The number of hydrogen-bond donors (Lipinski definition) is 0. The van der Waals surface area contributed by atoms with Gasteiger partial charge >= 0.3 is 5.97 Å². The van der Waals surface area contributed by atoms with Crippen molar-refractivity contribution < 1.29 is 9.53 Å². The lowest BCUT2D eigenvalue weighted by Gasteiger charge is -1.96. The largest absolute Gasteiger partial charge is 0.465 e. The lowest BCUT2D eigenvalue weighted by Crippen LogP contribution is -2.01. The van der Waals surface area contributed by atoms with Crippen LogP contribution in [0.1, 0.15) is 18.9 Å². The molecule has 0 atom stereocenters. The van der Waals surface area contributed by atoms with E-state index in [1.54, 1.807) is 31.2 Å². The average molecular weight is 229 g/mol. The Balaban J connectivity index is 2.78. The van der Waals surface area contributed by atoms with E-state index in [9.17, 15) is 4.79 Å². The van der Waals surface area contributed by atoms with E-state index in [4.69, 9.17) is 10.3 Å². The van der Waals surface area contributed by atoms with E-state index >= 15 is 0 Å².